The molecule has 0 spiro atoms. The molecule has 0 rings (SSSR count). The molecule has 0 amide bonds. The molecule has 12 heavy (non-hydrogen) atoms. The Labute approximate surface area is 89.6 Å². The number of esters is 1. The van der Waals surface area contributed by atoms with Crippen molar-refractivity contribution in [2.45, 2.75) is 25.7 Å². The molecule has 70 valence electrons. The minimum atomic E-state index is -0.128. The summed E-state index contributed by atoms with van der Waals surface area (Å²) in [6.07, 6.45) is 5.41. The molecule has 0 aliphatic rings. The van der Waals surface area contributed by atoms with Crippen molar-refractivity contribution in [3.05, 3.63) is 9.47 Å². The van der Waals surface area contributed by atoms with Gasteiger partial charge in [0.25, 0.3) is 0 Å². The van der Waals surface area contributed by atoms with Crippen molar-refractivity contribution >= 4 is 37.8 Å². The van der Waals surface area contributed by atoms with Gasteiger partial charge >= 0.3 is 5.97 Å². The molecular formula is C8H12Br2O2. The molecule has 0 radical (unpaired) electrons. The lowest BCUT2D eigenvalue weighted by atomic mass is 10.2. The fraction of sp³-hybridized carbons (Fsp3) is 0.625. The van der Waals surface area contributed by atoms with Crippen LogP contribution in [-0.4, -0.2) is 13.1 Å². The van der Waals surface area contributed by atoms with Crippen LogP contribution < -0.4 is 0 Å². The highest BCUT2D eigenvalue weighted by Crippen LogP contribution is 2.15. The van der Waals surface area contributed by atoms with Crippen LogP contribution >= 0.6 is 31.9 Å². The van der Waals surface area contributed by atoms with Gasteiger partial charge in [-0.1, -0.05) is 6.08 Å². The maximum absolute atomic E-state index is 10.7. The molecule has 0 atom stereocenters. The van der Waals surface area contributed by atoms with Gasteiger partial charge in [0.15, 0.2) is 0 Å². The number of hydrogen-bond acceptors (Lipinski definition) is 2. The number of halogens is 2. The fourth-order valence-electron chi connectivity index (χ4n) is 0.727. The minimum Gasteiger partial charge on any atom is -0.469 e. The van der Waals surface area contributed by atoms with Crippen LogP contribution in [0.4, 0.5) is 0 Å². The van der Waals surface area contributed by atoms with Crippen LogP contribution in [-0.2, 0) is 9.53 Å². The summed E-state index contributed by atoms with van der Waals surface area (Å²) in [6, 6.07) is 0. The summed E-state index contributed by atoms with van der Waals surface area (Å²) in [5.74, 6) is -0.128. The average molecular weight is 300 g/mol. The van der Waals surface area contributed by atoms with Crippen LogP contribution in [0.5, 0.6) is 0 Å². The van der Waals surface area contributed by atoms with Gasteiger partial charge in [0.1, 0.15) is 0 Å². The Hall–Kier alpha value is 0.170. The van der Waals surface area contributed by atoms with E-state index >= 15 is 0 Å². The van der Waals surface area contributed by atoms with Crippen molar-refractivity contribution in [1.82, 2.24) is 0 Å². The monoisotopic (exact) mass is 298 g/mol. The molecule has 0 saturated carbocycles. The van der Waals surface area contributed by atoms with E-state index in [1.54, 1.807) is 0 Å². The molecular weight excluding hydrogens is 288 g/mol. The van der Waals surface area contributed by atoms with Crippen LogP contribution in [0, 0.1) is 0 Å². The summed E-state index contributed by atoms with van der Waals surface area (Å²) in [4.78, 5) is 10.7. The molecule has 0 bridgehead atoms. The van der Waals surface area contributed by atoms with Gasteiger partial charge < -0.3 is 4.74 Å². The first-order valence-electron chi connectivity index (χ1n) is 3.74. The Morgan fingerprint density at radius 2 is 2.08 bits per heavy atom. The first-order valence-corrected chi connectivity index (χ1v) is 5.33. The van der Waals surface area contributed by atoms with Gasteiger partial charge in [-0.05, 0) is 51.1 Å². The zero-order valence-corrected chi connectivity index (χ0v) is 10.2. The fourth-order valence-corrected chi connectivity index (χ4v) is 1.18. The Balaban J connectivity index is 3.22. The van der Waals surface area contributed by atoms with Crippen molar-refractivity contribution in [3.63, 3.8) is 0 Å². The summed E-state index contributed by atoms with van der Waals surface area (Å²) in [6.45, 7) is 0. The van der Waals surface area contributed by atoms with Gasteiger partial charge in [-0.2, -0.15) is 0 Å². The first kappa shape index (κ1) is 12.2. The summed E-state index contributed by atoms with van der Waals surface area (Å²) in [5.41, 5.74) is 0. The second kappa shape index (κ2) is 7.80. The van der Waals surface area contributed by atoms with Crippen LogP contribution in [0.3, 0.4) is 0 Å². The lowest BCUT2D eigenvalue weighted by Crippen LogP contribution is -1.98. The summed E-state index contributed by atoms with van der Waals surface area (Å²) >= 11 is 6.51. The van der Waals surface area contributed by atoms with E-state index in [1.807, 2.05) is 6.08 Å². The standard InChI is InChI=1S/C8H12Br2O2/c1-12-8(11)6-4-2-3-5-7(9)10/h5H,2-4,6H2,1H3. The molecule has 0 unspecified atom stereocenters. The van der Waals surface area contributed by atoms with Gasteiger partial charge in [-0.25, -0.2) is 0 Å². The lowest BCUT2D eigenvalue weighted by Gasteiger charge is -1.96. The highest BCUT2D eigenvalue weighted by Gasteiger charge is 1.97. The zero-order valence-electron chi connectivity index (χ0n) is 6.98. The van der Waals surface area contributed by atoms with E-state index in [4.69, 9.17) is 0 Å². The lowest BCUT2D eigenvalue weighted by molar-refractivity contribution is -0.140. The molecule has 0 N–H and O–H groups in total. The molecule has 0 aromatic rings. The minimum absolute atomic E-state index is 0.128. The van der Waals surface area contributed by atoms with Gasteiger partial charge in [0, 0.05) is 6.42 Å². The number of allylic oxidation sites excluding steroid dienone is 1. The molecule has 0 aromatic carbocycles. The predicted molar refractivity (Wildman–Crippen MR) is 56.4 cm³/mol. The number of methoxy groups -OCH3 is 1. The van der Waals surface area contributed by atoms with Crippen LogP contribution in [0.15, 0.2) is 9.47 Å². The number of carbonyl (C=O) groups excluding carboxylic acids is 1. The molecule has 0 aliphatic heterocycles. The largest absolute Gasteiger partial charge is 0.469 e. The topological polar surface area (TPSA) is 26.3 Å². The third-order valence-corrected chi connectivity index (χ3v) is 2.01. The maximum atomic E-state index is 10.7. The molecule has 0 aromatic heterocycles. The maximum Gasteiger partial charge on any atom is 0.305 e. The third-order valence-electron chi connectivity index (χ3n) is 1.36. The van der Waals surface area contributed by atoms with E-state index in [2.05, 4.69) is 36.6 Å². The predicted octanol–water partition coefficient (Wildman–Crippen LogP) is 3.35. The van der Waals surface area contributed by atoms with Crippen molar-refractivity contribution in [2.24, 2.45) is 0 Å². The van der Waals surface area contributed by atoms with E-state index in [0.29, 0.717) is 6.42 Å². The van der Waals surface area contributed by atoms with E-state index in [-0.39, 0.29) is 5.97 Å². The number of unbranched alkanes of at least 4 members (excludes halogenated alkanes) is 2. The number of hydrogen-bond donors (Lipinski definition) is 0. The SMILES string of the molecule is COC(=O)CCCCC=C(Br)Br. The van der Waals surface area contributed by atoms with Crippen molar-refractivity contribution in [3.8, 4) is 0 Å². The smallest absolute Gasteiger partial charge is 0.305 e. The highest BCUT2D eigenvalue weighted by atomic mass is 79.9. The number of ether oxygens (including phenoxy) is 1. The van der Waals surface area contributed by atoms with E-state index in [0.717, 1.165) is 22.7 Å². The van der Waals surface area contributed by atoms with Gasteiger partial charge in [-0.15, -0.1) is 0 Å². The van der Waals surface area contributed by atoms with Crippen molar-refractivity contribution in [1.29, 1.82) is 0 Å². The van der Waals surface area contributed by atoms with Gasteiger partial charge in [-0.3, -0.25) is 4.79 Å². The summed E-state index contributed by atoms with van der Waals surface area (Å²) in [7, 11) is 1.41. The van der Waals surface area contributed by atoms with Crippen molar-refractivity contribution < 1.29 is 9.53 Å². The van der Waals surface area contributed by atoms with E-state index < -0.39 is 0 Å². The normalized spacial score (nSPS) is 9.25. The average Bonchev–Trinajstić information content (AvgIpc) is 2.03. The van der Waals surface area contributed by atoms with Gasteiger partial charge in [0.2, 0.25) is 0 Å². The number of rotatable bonds is 5. The van der Waals surface area contributed by atoms with E-state index in [1.165, 1.54) is 7.11 Å². The Morgan fingerprint density at radius 1 is 1.42 bits per heavy atom. The molecule has 0 saturated heterocycles. The second-order valence-corrected chi connectivity index (χ2v) is 5.09. The summed E-state index contributed by atoms with van der Waals surface area (Å²) < 4.78 is 5.47. The Bertz CT molecular complexity index is 162. The zero-order chi connectivity index (χ0) is 9.40. The summed E-state index contributed by atoms with van der Waals surface area (Å²) in [5, 5.41) is 0. The van der Waals surface area contributed by atoms with Crippen molar-refractivity contribution in [2.75, 3.05) is 7.11 Å². The molecule has 0 fully saturated rings. The third kappa shape index (κ3) is 8.27. The second-order valence-electron chi connectivity index (χ2n) is 2.32. The Kier molecular flexibility index (Phi) is 7.91. The Morgan fingerprint density at radius 3 is 2.58 bits per heavy atom. The van der Waals surface area contributed by atoms with Gasteiger partial charge in [0.05, 0.1) is 10.5 Å². The van der Waals surface area contributed by atoms with Crippen LogP contribution in [0.2, 0.25) is 0 Å². The quantitative estimate of drug-likeness (QED) is 0.575. The highest BCUT2D eigenvalue weighted by molar-refractivity contribution is 9.28. The van der Waals surface area contributed by atoms with E-state index in [9.17, 15) is 4.79 Å². The van der Waals surface area contributed by atoms with Crippen LogP contribution in [0.25, 0.3) is 0 Å². The molecule has 0 aliphatic carbocycles. The molecule has 2 nitrogen and oxygen atoms in total. The first-order chi connectivity index (χ1) is 5.66. The molecule has 4 heteroatoms. The van der Waals surface area contributed by atoms with Crippen LogP contribution in [0.1, 0.15) is 25.7 Å². The number of carbonyl (C=O) groups is 1. The molecule has 0 heterocycles.